The smallest absolute Gasteiger partial charge is 0.328 e. The monoisotopic (exact) mass is 339 g/mol. The predicted octanol–water partition coefficient (Wildman–Crippen LogP) is 2.01. The SMILES string of the molecule is N[C@H]1CC[C@H](Cn2c(=O)[nH]c3ncc(-c4ccc(O)cc4)nc32)CC1. The van der Waals surface area contributed by atoms with E-state index in [0.717, 1.165) is 31.2 Å². The van der Waals surface area contributed by atoms with Gasteiger partial charge in [-0.15, -0.1) is 0 Å². The van der Waals surface area contributed by atoms with Crippen LogP contribution in [-0.4, -0.2) is 30.7 Å². The maximum absolute atomic E-state index is 12.3. The Kier molecular flexibility index (Phi) is 4.01. The first kappa shape index (κ1) is 15.8. The molecule has 4 N–H and O–H groups in total. The van der Waals surface area contributed by atoms with Gasteiger partial charge in [-0.2, -0.15) is 0 Å². The van der Waals surface area contributed by atoms with E-state index in [1.54, 1.807) is 35.0 Å². The number of hydrogen-bond donors (Lipinski definition) is 3. The number of aromatic hydroxyl groups is 1. The molecule has 1 aliphatic carbocycles. The van der Waals surface area contributed by atoms with Gasteiger partial charge >= 0.3 is 5.69 Å². The van der Waals surface area contributed by atoms with Gasteiger partial charge in [0.1, 0.15) is 5.75 Å². The Hall–Kier alpha value is -2.67. The Morgan fingerprint density at radius 3 is 2.64 bits per heavy atom. The van der Waals surface area contributed by atoms with Crippen LogP contribution in [0.5, 0.6) is 5.75 Å². The van der Waals surface area contributed by atoms with Crippen molar-refractivity contribution in [3.63, 3.8) is 0 Å². The average Bonchev–Trinajstić information content (AvgIpc) is 2.92. The number of H-pyrrole nitrogens is 1. The number of nitrogens with two attached hydrogens (primary N) is 1. The molecular formula is C18H21N5O2. The molecule has 1 fully saturated rings. The summed E-state index contributed by atoms with van der Waals surface area (Å²) >= 11 is 0. The average molecular weight is 339 g/mol. The van der Waals surface area contributed by atoms with E-state index < -0.39 is 0 Å². The summed E-state index contributed by atoms with van der Waals surface area (Å²) in [6.07, 6.45) is 5.71. The minimum atomic E-state index is -0.173. The molecule has 0 saturated heterocycles. The summed E-state index contributed by atoms with van der Waals surface area (Å²) < 4.78 is 1.69. The van der Waals surface area contributed by atoms with Crippen LogP contribution in [0.15, 0.2) is 35.3 Å². The number of benzene rings is 1. The Morgan fingerprint density at radius 2 is 1.92 bits per heavy atom. The predicted molar refractivity (Wildman–Crippen MR) is 95.2 cm³/mol. The van der Waals surface area contributed by atoms with Gasteiger partial charge in [0.2, 0.25) is 0 Å². The van der Waals surface area contributed by atoms with E-state index in [4.69, 9.17) is 5.73 Å². The largest absolute Gasteiger partial charge is 0.508 e. The lowest BCUT2D eigenvalue weighted by Crippen LogP contribution is -2.30. The molecule has 0 unspecified atom stereocenters. The number of phenolic OH excluding ortho intramolecular Hbond substituents is 1. The maximum Gasteiger partial charge on any atom is 0.328 e. The number of aromatic nitrogens is 4. The zero-order valence-electron chi connectivity index (χ0n) is 13.9. The summed E-state index contributed by atoms with van der Waals surface area (Å²) in [5.41, 5.74) is 8.39. The van der Waals surface area contributed by atoms with E-state index in [0.29, 0.717) is 29.5 Å². The third-order valence-electron chi connectivity index (χ3n) is 4.98. The summed E-state index contributed by atoms with van der Waals surface area (Å²) in [6, 6.07) is 7.07. The molecule has 0 bridgehead atoms. The molecule has 25 heavy (non-hydrogen) atoms. The lowest BCUT2D eigenvalue weighted by atomic mass is 9.86. The van der Waals surface area contributed by atoms with Gasteiger partial charge in [-0.25, -0.2) is 14.8 Å². The highest BCUT2D eigenvalue weighted by Gasteiger charge is 2.21. The van der Waals surface area contributed by atoms with Crippen LogP contribution in [0, 0.1) is 5.92 Å². The zero-order chi connectivity index (χ0) is 17.4. The van der Waals surface area contributed by atoms with Gasteiger partial charge in [-0.05, 0) is 55.9 Å². The van der Waals surface area contributed by atoms with Crippen molar-refractivity contribution < 1.29 is 5.11 Å². The molecule has 1 saturated carbocycles. The molecule has 3 aromatic rings. The Morgan fingerprint density at radius 1 is 1.20 bits per heavy atom. The minimum Gasteiger partial charge on any atom is -0.508 e. The number of rotatable bonds is 3. The van der Waals surface area contributed by atoms with Crippen LogP contribution in [-0.2, 0) is 6.54 Å². The maximum atomic E-state index is 12.3. The first-order valence-corrected chi connectivity index (χ1v) is 8.60. The van der Waals surface area contributed by atoms with Gasteiger partial charge in [0.05, 0.1) is 11.9 Å². The van der Waals surface area contributed by atoms with Gasteiger partial charge < -0.3 is 10.8 Å². The fraction of sp³-hybridized carbons (Fsp3) is 0.389. The molecule has 7 heteroatoms. The molecule has 1 aliphatic rings. The Balaban J connectivity index is 1.69. The van der Waals surface area contributed by atoms with E-state index in [1.807, 2.05) is 0 Å². The summed E-state index contributed by atoms with van der Waals surface area (Å²) in [6.45, 7) is 0.638. The van der Waals surface area contributed by atoms with Crippen molar-refractivity contribution in [1.29, 1.82) is 0 Å². The number of hydrogen-bond acceptors (Lipinski definition) is 5. The second-order valence-electron chi connectivity index (χ2n) is 6.80. The van der Waals surface area contributed by atoms with Crippen LogP contribution >= 0.6 is 0 Å². The Bertz CT molecular complexity index is 936. The molecule has 0 aliphatic heterocycles. The summed E-state index contributed by atoms with van der Waals surface area (Å²) in [7, 11) is 0. The molecule has 7 nitrogen and oxygen atoms in total. The van der Waals surface area contributed by atoms with Crippen molar-refractivity contribution in [2.45, 2.75) is 38.3 Å². The van der Waals surface area contributed by atoms with Crippen molar-refractivity contribution in [1.82, 2.24) is 19.5 Å². The van der Waals surface area contributed by atoms with Gasteiger partial charge in [-0.1, -0.05) is 0 Å². The van der Waals surface area contributed by atoms with Crippen molar-refractivity contribution in [3.05, 3.63) is 40.9 Å². The zero-order valence-corrected chi connectivity index (χ0v) is 13.9. The molecule has 4 rings (SSSR count). The number of imidazole rings is 1. The second kappa shape index (κ2) is 6.33. The minimum absolute atomic E-state index is 0.173. The number of nitrogens with zero attached hydrogens (tertiary/aromatic N) is 3. The first-order chi connectivity index (χ1) is 12.1. The van der Waals surface area contributed by atoms with E-state index in [-0.39, 0.29) is 17.5 Å². The molecule has 2 aromatic heterocycles. The van der Waals surface area contributed by atoms with Crippen LogP contribution in [0.25, 0.3) is 22.6 Å². The third-order valence-corrected chi connectivity index (χ3v) is 4.98. The van der Waals surface area contributed by atoms with Gasteiger partial charge in [0.25, 0.3) is 0 Å². The van der Waals surface area contributed by atoms with Crippen LogP contribution in [0.4, 0.5) is 0 Å². The lowest BCUT2D eigenvalue weighted by molar-refractivity contribution is 0.294. The summed E-state index contributed by atoms with van der Waals surface area (Å²) in [5, 5.41) is 9.43. The number of nitrogens with one attached hydrogen (secondary N) is 1. The highest BCUT2D eigenvalue weighted by atomic mass is 16.3. The number of aromatic amines is 1. The van der Waals surface area contributed by atoms with Crippen molar-refractivity contribution in [2.24, 2.45) is 11.7 Å². The van der Waals surface area contributed by atoms with Crippen molar-refractivity contribution >= 4 is 11.3 Å². The second-order valence-corrected chi connectivity index (χ2v) is 6.80. The molecule has 1 aromatic carbocycles. The normalized spacial score (nSPS) is 20.8. The van der Waals surface area contributed by atoms with Crippen LogP contribution in [0.1, 0.15) is 25.7 Å². The highest BCUT2D eigenvalue weighted by Crippen LogP contribution is 2.25. The summed E-state index contributed by atoms with van der Waals surface area (Å²) in [5.74, 6) is 0.641. The standard InChI is InChI=1S/C18H21N5O2/c19-13-5-1-11(2-6-13)10-23-17-16(22-18(23)25)20-9-15(21-17)12-3-7-14(24)8-4-12/h3-4,7-9,11,13,24H,1-2,5-6,10,19H2,(H,20,22,25)/t11-,13-. The summed E-state index contributed by atoms with van der Waals surface area (Å²) in [4.78, 5) is 24.1. The van der Waals surface area contributed by atoms with E-state index in [1.165, 1.54) is 0 Å². The quantitative estimate of drug-likeness (QED) is 0.676. The molecule has 0 radical (unpaired) electrons. The van der Waals surface area contributed by atoms with Crippen LogP contribution in [0.3, 0.4) is 0 Å². The first-order valence-electron chi connectivity index (χ1n) is 8.60. The molecule has 0 amide bonds. The van der Waals surface area contributed by atoms with Crippen LogP contribution < -0.4 is 11.4 Å². The molecule has 130 valence electrons. The third kappa shape index (κ3) is 3.15. The number of phenols is 1. The van der Waals surface area contributed by atoms with E-state index in [2.05, 4.69) is 15.0 Å². The topological polar surface area (TPSA) is 110 Å². The Labute approximate surface area is 144 Å². The van der Waals surface area contributed by atoms with Crippen molar-refractivity contribution in [2.75, 3.05) is 0 Å². The highest BCUT2D eigenvalue weighted by molar-refractivity contribution is 5.71. The molecule has 2 heterocycles. The molecule has 0 spiro atoms. The fourth-order valence-corrected chi connectivity index (χ4v) is 3.49. The van der Waals surface area contributed by atoms with Crippen molar-refractivity contribution in [3.8, 4) is 17.0 Å². The van der Waals surface area contributed by atoms with Gasteiger partial charge in [0, 0.05) is 18.2 Å². The van der Waals surface area contributed by atoms with Crippen LogP contribution in [0.2, 0.25) is 0 Å². The molecule has 0 atom stereocenters. The van der Waals surface area contributed by atoms with E-state index in [9.17, 15) is 9.90 Å². The lowest BCUT2D eigenvalue weighted by Gasteiger charge is -2.25. The fourth-order valence-electron chi connectivity index (χ4n) is 3.49. The van der Waals surface area contributed by atoms with Gasteiger partial charge in [0.15, 0.2) is 11.3 Å². The molecular weight excluding hydrogens is 318 g/mol. The number of fused-ring (bicyclic) bond motifs is 1. The van der Waals surface area contributed by atoms with E-state index >= 15 is 0 Å². The van der Waals surface area contributed by atoms with Gasteiger partial charge in [-0.3, -0.25) is 9.55 Å².